The lowest BCUT2D eigenvalue weighted by atomic mass is 10.0. The Hall–Kier alpha value is -0.110. The largest absolute Gasteiger partial charge is 0.308 e. The molecule has 1 unspecified atom stereocenters. The van der Waals surface area contributed by atoms with E-state index in [1.54, 1.807) is 5.82 Å². The molecule has 0 N–H and O–H groups in total. The van der Waals surface area contributed by atoms with E-state index in [1.807, 2.05) is 31.5 Å². The summed E-state index contributed by atoms with van der Waals surface area (Å²) in [5.74, 6) is 1.72. The minimum absolute atomic E-state index is 0.133. The van der Waals surface area contributed by atoms with Crippen LogP contribution in [-0.4, -0.2) is 22.4 Å². The van der Waals surface area contributed by atoms with Crippen LogP contribution in [0.15, 0.2) is 11.9 Å². The SMILES string of the molecule is C/C=C/P1(=O)OC(C)(C)CCN1C(C)(C)C. The molecular formula is C12H24NO2P. The summed E-state index contributed by atoms with van der Waals surface area (Å²) in [4.78, 5) is 0. The Morgan fingerprint density at radius 2 is 1.94 bits per heavy atom. The van der Waals surface area contributed by atoms with Gasteiger partial charge in [-0.1, -0.05) is 6.08 Å². The van der Waals surface area contributed by atoms with Crippen molar-refractivity contribution >= 4 is 7.52 Å². The Balaban J connectivity index is 3.08. The highest BCUT2D eigenvalue weighted by Gasteiger charge is 2.45. The predicted molar refractivity (Wildman–Crippen MR) is 68.7 cm³/mol. The molecule has 1 atom stereocenters. The molecule has 0 spiro atoms. The molecule has 0 saturated carbocycles. The van der Waals surface area contributed by atoms with Crippen molar-refractivity contribution in [2.75, 3.05) is 6.54 Å². The van der Waals surface area contributed by atoms with Crippen LogP contribution >= 0.6 is 7.52 Å². The summed E-state index contributed by atoms with van der Waals surface area (Å²) in [7, 11) is -2.81. The first-order valence-electron chi connectivity index (χ1n) is 5.83. The third-order valence-corrected chi connectivity index (χ3v) is 5.66. The quantitative estimate of drug-likeness (QED) is 0.654. The molecule has 1 rings (SSSR count). The number of allylic oxidation sites excluding steroid dienone is 1. The third kappa shape index (κ3) is 2.97. The van der Waals surface area contributed by atoms with Gasteiger partial charge >= 0.3 is 0 Å². The summed E-state index contributed by atoms with van der Waals surface area (Å²) in [6, 6.07) is 0. The van der Waals surface area contributed by atoms with Crippen LogP contribution in [0.2, 0.25) is 0 Å². The molecule has 1 heterocycles. The van der Waals surface area contributed by atoms with E-state index in [2.05, 4.69) is 20.8 Å². The molecule has 1 aliphatic heterocycles. The van der Waals surface area contributed by atoms with Gasteiger partial charge < -0.3 is 4.52 Å². The maximum Gasteiger partial charge on any atom is 0.295 e. The Morgan fingerprint density at radius 3 is 2.38 bits per heavy atom. The lowest BCUT2D eigenvalue weighted by molar-refractivity contribution is 0.0350. The van der Waals surface area contributed by atoms with E-state index in [-0.39, 0.29) is 11.1 Å². The van der Waals surface area contributed by atoms with Gasteiger partial charge in [-0.3, -0.25) is 4.57 Å². The van der Waals surface area contributed by atoms with Crippen molar-refractivity contribution < 1.29 is 9.09 Å². The van der Waals surface area contributed by atoms with E-state index in [9.17, 15) is 4.57 Å². The van der Waals surface area contributed by atoms with Crippen molar-refractivity contribution in [3.05, 3.63) is 11.9 Å². The molecule has 94 valence electrons. The molecule has 0 aliphatic carbocycles. The van der Waals surface area contributed by atoms with Gasteiger partial charge in [0, 0.05) is 17.9 Å². The summed E-state index contributed by atoms with van der Waals surface area (Å²) in [6.07, 6.45) is 2.73. The Bertz CT molecular complexity index is 328. The Morgan fingerprint density at radius 1 is 1.38 bits per heavy atom. The highest BCUT2D eigenvalue weighted by molar-refractivity contribution is 7.59. The van der Waals surface area contributed by atoms with Gasteiger partial charge in [-0.25, -0.2) is 4.67 Å². The molecule has 0 aromatic carbocycles. The summed E-state index contributed by atoms with van der Waals surface area (Å²) in [6.45, 7) is 12.9. The van der Waals surface area contributed by atoms with Crippen LogP contribution in [0, 0.1) is 0 Å². The van der Waals surface area contributed by atoms with Gasteiger partial charge in [0.2, 0.25) is 0 Å². The van der Waals surface area contributed by atoms with E-state index in [0.29, 0.717) is 0 Å². The molecule has 0 radical (unpaired) electrons. The minimum Gasteiger partial charge on any atom is -0.308 e. The topological polar surface area (TPSA) is 29.5 Å². The van der Waals surface area contributed by atoms with Crippen molar-refractivity contribution in [3.8, 4) is 0 Å². The van der Waals surface area contributed by atoms with Gasteiger partial charge in [-0.05, 0) is 48.0 Å². The Kier molecular flexibility index (Phi) is 3.74. The molecule has 1 aliphatic rings. The van der Waals surface area contributed by atoms with E-state index in [4.69, 9.17) is 4.52 Å². The van der Waals surface area contributed by atoms with Crippen LogP contribution in [0.25, 0.3) is 0 Å². The first-order valence-corrected chi connectivity index (χ1v) is 7.48. The number of hydrogen-bond acceptors (Lipinski definition) is 2. The Labute approximate surface area is 99.4 Å². The number of nitrogens with zero attached hydrogens (tertiary/aromatic N) is 1. The van der Waals surface area contributed by atoms with E-state index >= 15 is 0 Å². The average molecular weight is 245 g/mol. The van der Waals surface area contributed by atoms with Crippen LogP contribution in [0.5, 0.6) is 0 Å². The van der Waals surface area contributed by atoms with Crippen molar-refractivity contribution in [2.45, 2.75) is 59.1 Å². The average Bonchev–Trinajstić information content (AvgIpc) is 1.97. The van der Waals surface area contributed by atoms with Crippen molar-refractivity contribution in [2.24, 2.45) is 0 Å². The van der Waals surface area contributed by atoms with Gasteiger partial charge in [0.25, 0.3) is 7.52 Å². The molecule has 1 fully saturated rings. The first-order chi connectivity index (χ1) is 7.11. The molecule has 3 nitrogen and oxygen atoms in total. The van der Waals surface area contributed by atoms with Gasteiger partial charge in [0.1, 0.15) is 0 Å². The molecule has 0 amide bonds. The highest BCUT2D eigenvalue weighted by Crippen LogP contribution is 2.61. The smallest absolute Gasteiger partial charge is 0.295 e. The normalized spacial score (nSPS) is 32.1. The van der Waals surface area contributed by atoms with Crippen molar-refractivity contribution in [1.82, 2.24) is 4.67 Å². The highest BCUT2D eigenvalue weighted by atomic mass is 31.2. The van der Waals surface area contributed by atoms with E-state index in [0.717, 1.165) is 13.0 Å². The maximum absolute atomic E-state index is 12.8. The minimum atomic E-state index is -2.81. The monoisotopic (exact) mass is 245 g/mol. The lowest BCUT2D eigenvalue weighted by Crippen LogP contribution is -2.46. The van der Waals surface area contributed by atoms with Gasteiger partial charge in [-0.2, -0.15) is 0 Å². The summed E-state index contributed by atoms with van der Waals surface area (Å²) in [5, 5.41) is 0. The van der Waals surface area contributed by atoms with E-state index < -0.39 is 7.52 Å². The molecular weight excluding hydrogens is 221 g/mol. The molecule has 0 aromatic rings. The molecule has 16 heavy (non-hydrogen) atoms. The third-order valence-electron chi connectivity index (χ3n) is 2.75. The summed E-state index contributed by atoms with van der Waals surface area (Å²) < 4.78 is 20.7. The second-order valence-electron chi connectivity index (χ2n) is 5.94. The summed E-state index contributed by atoms with van der Waals surface area (Å²) >= 11 is 0. The lowest BCUT2D eigenvalue weighted by Gasteiger charge is -2.47. The second kappa shape index (κ2) is 4.29. The second-order valence-corrected chi connectivity index (χ2v) is 8.03. The zero-order chi connectivity index (χ0) is 12.6. The molecule has 0 bridgehead atoms. The van der Waals surface area contributed by atoms with Crippen LogP contribution in [0.4, 0.5) is 0 Å². The fourth-order valence-electron chi connectivity index (χ4n) is 2.02. The van der Waals surface area contributed by atoms with Crippen LogP contribution in [0.3, 0.4) is 0 Å². The molecule has 0 aromatic heterocycles. The fraction of sp³-hybridized carbons (Fsp3) is 0.833. The summed E-state index contributed by atoms with van der Waals surface area (Å²) in [5.41, 5.74) is -0.428. The maximum atomic E-state index is 12.8. The first kappa shape index (κ1) is 14.0. The fourth-order valence-corrected chi connectivity index (χ4v) is 4.73. The number of rotatable bonds is 1. The van der Waals surface area contributed by atoms with Crippen LogP contribution in [-0.2, 0) is 9.09 Å². The molecule has 1 saturated heterocycles. The van der Waals surface area contributed by atoms with Crippen molar-refractivity contribution in [3.63, 3.8) is 0 Å². The van der Waals surface area contributed by atoms with Crippen LogP contribution < -0.4 is 0 Å². The molecule has 4 heteroatoms. The van der Waals surface area contributed by atoms with Gasteiger partial charge in [-0.15, -0.1) is 0 Å². The number of hydrogen-bond donors (Lipinski definition) is 0. The van der Waals surface area contributed by atoms with Gasteiger partial charge in [0.05, 0.1) is 5.60 Å². The predicted octanol–water partition coefficient (Wildman–Crippen LogP) is 4.01. The van der Waals surface area contributed by atoms with Crippen LogP contribution in [0.1, 0.15) is 48.0 Å². The van der Waals surface area contributed by atoms with Gasteiger partial charge in [0.15, 0.2) is 0 Å². The standard InChI is InChI=1S/C12H24NO2P/c1-7-10-16(14)13(11(2,3)4)9-8-12(5,6)15-16/h7,10H,8-9H2,1-6H3/b10-7+. The zero-order valence-corrected chi connectivity index (χ0v) is 12.2. The van der Waals surface area contributed by atoms with Crippen molar-refractivity contribution in [1.29, 1.82) is 0 Å². The zero-order valence-electron chi connectivity index (χ0n) is 11.3. The van der Waals surface area contributed by atoms with E-state index in [1.165, 1.54) is 0 Å².